The van der Waals surface area contributed by atoms with Crippen molar-refractivity contribution in [3.8, 4) is 11.1 Å². The first-order valence-electron chi connectivity index (χ1n) is 15.2. The third-order valence-electron chi connectivity index (χ3n) is 9.26. The number of carbonyl (C=O) groups excluding carboxylic acids is 1. The Hall–Kier alpha value is -1.84. The minimum absolute atomic E-state index is 0.0517. The van der Waals surface area contributed by atoms with Crippen molar-refractivity contribution in [3.63, 3.8) is 0 Å². The third kappa shape index (κ3) is 8.85. The molecule has 3 heterocycles. The lowest BCUT2D eigenvalue weighted by Gasteiger charge is -2.38. The third-order valence-corrected chi connectivity index (χ3v) is 9.70. The Morgan fingerprint density at radius 1 is 0.762 bits per heavy atom. The first kappa shape index (κ1) is 31.6. The first-order chi connectivity index (χ1) is 20.1. The van der Waals surface area contributed by atoms with Gasteiger partial charge < -0.3 is 10.6 Å². The molecule has 3 aliphatic heterocycles. The molecule has 0 aromatic heterocycles. The van der Waals surface area contributed by atoms with E-state index in [1.165, 1.54) is 36.8 Å². The molecule has 42 heavy (non-hydrogen) atoms. The SMILES string of the molecule is O=C(NCC1CCN(Cc2cc(CN3CCC(C4CCNCC4)CC3)cc(-c3cc(Cl)cc(Cl)c3)c2)CC1)C(F)(F)F. The van der Waals surface area contributed by atoms with Crippen LogP contribution >= 0.6 is 23.2 Å². The number of benzene rings is 2. The summed E-state index contributed by atoms with van der Waals surface area (Å²) >= 11 is 12.7. The standard InChI is InChI=1S/C32H41Cl2F3N4O/c33-29-16-28(17-30(34)18-29)27-14-23(20-40-9-3-22(4-10-40)19-39-31(42)32(35,36)37)13-24(15-27)21-41-11-5-26(6-12-41)25-1-7-38-8-2-25/h13-18,22,25-26,38H,1-12,19-21H2,(H,39,42). The molecule has 0 unspecified atom stereocenters. The Morgan fingerprint density at radius 3 is 1.81 bits per heavy atom. The van der Waals surface area contributed by atoms with Crippen LogP contribution in [0.15, 0.2) is 36.4 Å². The van der Waals surface area contributed by atoms with Crippen molar-refractivity contribution in [1.82, 2.24) is 20.4 Å². The minimum Gasteiger partial charge on any atom is -0.348 e. The molecular formula is C32H41Cl2F3N4O. The summed E-state index contributed by atoms with van der Waals surface area (Å²) in [6.07, 6.45) is 1.80. The van der Waals surface area contributed by atoms with Crippen LogP contribution in [0.2, 0.25) is 10.0 Å². The summed E-state index contributed by atoms with van der Waals surface area (Å²) in [7, 11) is 0. The summed E-state index contributed by atoms with van der Waals surface area (Å²) in [6, 6.07) is 12.4. The molecule has 0 bridgehead atoms. The first-order valence-corrected chi connectivity index (χ1v) is 16.0. The van der Waals surface area contributed by atoms with E-state index in [1.54, 1.807) is 6.07 Å². The number of hydrogen-bond donors (Lipinski definition) is 2. The molecule has 0 radical (unpaired) electrons. The predicted octanol–water partition coefficient (Wildman–Crippen LogP) is 6.76. The maximum absolute atomic E-state index is 12.5. The fourth-order valence-electron chi connectivity index (χ4n) is 6.93. The molecule has 2 aromatic carbocycles. The molecule has 230 valence electrons. The van der Waals surface area contributed by atoms with Gasteiger partial charge in [-0.05, 0) is 148 Å². The minimum atomic E-state index is -4.83. The van der Waals surface area contributed by atoms with Gasteiger partial charge in [-0.25, -0.2) is 0 Å². The van der Waals surface area contributed by atoms with Gasteiger partial charge in [0.1, 0.15) is 0 Å². The summed E-state index contributed by atoms with van der Waals surface area (Å²) in [6.45, 7) is 7.82. The molecule has 5 rings (SSSR count). The molecule has 0 saturated carbocycles. The van der Waals surface area contributed by atoms with Gasteiger partial charge in [-0.3, -0.25) is 14.6 Å². The second-order valence-corrected chi connectivity index (χ2v) is 13.2. The topological polar surface area (TPSA) is 47.6 Å². The van der Waals surface area contributed by atoms with E-state index in [2.05, 4.69) is 33.3 Å². The molecule has 0 spiro atoms. The largest absolute Gasteiger partial charge is 0.471 e. The maximum Gasteiger partial charge on any atom is 0.471 e. The van der Waals surface area contributed by atoms with E-state index in [4.69, 9.17) is 23.2 Å². The Labute approximate surface area is 257 Å². The molecule has 2 N–H and O–H groups in total. The van der Waals surface area contributed by atoms with Gasteiger partial charge in [0.25, 0.3) is 0 Å². The van der Waals surface area contributed by atoms with Crippen molar-refractivity contribution in [2.24, 2.45) is 17.8 Å². The Bertz CT molecular complexity index is 1180. The van der Waals surface area contributed by atoms with Crippen molar-refractivity contribution in [3.05, 3.63) is 57.6 Å². The van der Waals surface area contributed by atoms with Crippen LogP contribution in [0.5, 0.6) is 0 Å². The van der Waals surface area contributed by atoms with Crippen molar-refractivity contribution in [1.29, 1.82) is 0 Å². The summed E-state index contributed by atoms with van der Waals surface area (Å²) in [5, 5.41) is 6.74. The molecule has 2 aromatic rings. The molecule has 1 amide bonds. The van der Waals surface area contributed by atoms with Gasteiger partial charge in [0.15, 0.2) is 0 Å². The van der Waals surface area contributed by atoms with Crippen LogP contribution in [0.1, 0.15) is 49.7 Å². The van der Waals surface area contributed by atoms with Crippen molar-refractivity contribution >= 4 is 29.1 Å². The lowest BCUT2D eigenvalue weighted by atomic mass is 9.79. The van der Waals surface area contributed by atoms with Crippen molar-refractivity contribution in [2.45, 2.75) is 57.8 Å². The van der Waals surface area contributed by atoms with E-state index < -0.39 is 12.1 Å². The van der Waals surface area contributed by atoms with E-state index in [9.17, 15) is 18.0 Å². The molecule has 10 heteroatoms. The lowest BCUT2D eigenvalue weighted by Crippen LogP contribution is -2.42. The highest BCUT2D eigenvalue weighted by atomic mass is 35.5. The van der Waals surface area contributed by atoms with E-state index >= 15 is 0 Å². The summed E-state index contributed by atoms with van der Waals surface area (Å²) in [4.78, 5) is 16.1. The zero-order valence-electron chi connectivity index (χ0n) is 24.0. The highest BCUT2D eigenvalue weighted by Gasteiger charge is 2.38. The molecule has 3 fully saturated rings. The molecule has 3 aliphatic rings. The zero-order chi connectivity index (χ0) is 29.7. The smallest absolute Gasteiger partial charge is 0.348 e. The monoisotopic (exact) mass is 624 g/mol. The number of nitrogens with one attached hydrogen (secondary N) is 2. The Kier molecular flexibility index (Phi) is 10.7. The van der Waals surface area contributed by atoms with Crippen LogP contribution in [0.3, 0.4) is 0 Å². The van der Waals surface area contributed by atoms with E-state index in [0.29, 0.717) is 10.0 Å². The highest BCUT2D eigenvalue weighted by Crippen LogP contribution is 2.33. The predicted molar refractivity (Wildman–Crippen MR) is 163 cm³/mol. The van der Waals surface area contributed by atoms with Crippen LogP contribution in [0.4, 0.5) is 13.2 Å². The number of piperidine rings is 3. The second kappa shape index (κ2) is 14.3. The number of hydrogen-bond acceptors (Lipinski definition) is 4. The van der Waals surface area contributed by atoms with Gasteiger partial charge in [-0.2, -0.15) is 13.2 Å². The second-order valence-electron chi connectivity index (χ2n) is 12.3. The van der Waals surface area contributed by atoms with Gasteiger partial charge in [0.05, 0.1) is 0 Å². The van der Waals surface area contributed by atoms with Gasteiger partial charge in [-0.15, -0.1) is 0 Å². The van der Waals surface area contributed by atoms with E-state index in [1.807, 2.05) is 17.4 Å². The zero-order valence-corrected chi connectivity index (χ0v) is 25.5. The highest BCUT2D eigenvalue weighted by molar-refractivity contribution is 6.35. The quantitative estimate of drug-likeness (QED) is 0.341. The van der Waals surface area contributed by atoms with Crippen LogP contribution in [0, 0.1) is 17.8 Å². The lowest BCUT2D eigenvalue weighted by molar-refractivity contribution is -0.173. The van der Waals surface area contributed by atoms with Crippen LogP contribution < -0.4 is 10.6 Å². The number of likely N-dealkylation sites (tertiary alicyclic amines) is 2. The molecule has 0 atom stereocenters. The summed E-state index contributed by atoms with van der Waals surface area (Å²) in [5.41, 5.74) is 4.54. The van der Waals surface area contributed by atoms with Gasteiger partial charge in [0.2, 0.25) is 0 Å². The summed E-state index contributed by atoms with van der Waals surface area (Å²) < 4.78 is 37.6. The average Bonchev–Trinajstić information content (AvgIpc) is 2.96. The number of halogens is 5. The van der Waals surface area contributed by atoms with Crippen LogP contribution in [-0.2, 0) is 17.9 Å². The average molecular weight is 626 g/mol. The molecule has 0 aliphatic carbocycles. The van der Waals surface area contributed by atoms with Crippen molar-refractivity contribution in [2.75, 3.05) is 45.8 Å². The number of carbonyl (C=O) groups is 1. The summed E-state index contributed by atoms with van der Waals surface area (Å²) in [5.74, 6) is -0.105. The van der Waals surface area contributed by atoms with Crippen LogP contribution in [-0.4, -0.2) is 67.7 Å². The van der Waals surface area contributed by atoms with Gasteiger partial charge >= 0.3 is 12.1 Å². The van der Waals surface area contributed by atoms with Gasteiger partial charge in [0, 0.05) is 29.7 Å². The van der Waals surface area contributed by atoms with E-state index in [-0.39, 0.29) is 12.5 Å². The van der Waals surface area contributed by atoms with E-state index in [0.717, 1.165) is 88.2 Å². The molecule has 5 nitrogen and oxygen atoms in total. The fraction of sp³-hybridized carbons (Fsp3) is 0.594. The van der Waals surface area contributed by atoms with Crippen molar-refractivity contribution < 1.29 is 18.0 Å². The maximum atomic E-state index is 12.5. The Morgan fingerprint density at radius 2 is 1.26 bits per heavy atom. The number of alkyl halides is 3. The van der Waals surface area contributed by atoms with Gasteiger partial charge in [-0.1, -0.05) is 29.3 Å². The molecular weight excluding hydrogens is 584 g/mol. The Balaban J connectivity index is 1.23. The fourth-order valence-corrected chi connectivity index (χ4v) is 7.46. The van der Waals surface area contributed by atoms with Crippen LogP contribution in [0.25, 0.3) is 11.1 Å². The molecule has 3 saturated heterocycles. The number of rotatable bonds is 8. The normalized spacial score (nSPS) is 20.6. The number of nitrogens with zero attached hydrogens (tertiary/aromatic N) is 2. The number of amides is 1.